The summed E-state index contributed by atoms with van der Waals surface area (Å²) in [4.78, 5) is 2.52. The minimum absolute atomic E-state index is 0.0165. The van der Waals surface area contributed by atoms with Crippen LogP contribution in [0.3, 0.4) is 0 Å². The molecule has 0 unspecified atom stereocenters. The molecule has 0 bridgehead atoms. The third kappa shape index (κ3) is 3.88. The summed E-state index contributed by atoms with van der Waals surface area (Å²) in [6.45, 7) is 8.97. The number of fused-ring (bicyclic) bond motifs is 12. The van der Waals surface area contributed by atoms with Gasteiger partial charge < -0.3 is 18.2 Å². The lowest BCUT2D eigenvalue weighted by Crippen LogP contribution is -2.56. The number of aryl methyl sites for hydroxylation is 1. The first-order valence-electron chi connectivity index (χ1n) is 18.9. The Hall–Kier alpha value is -6.46. The van der Waals surface area contributed by atoms with Crippen molar-refractivity contribution in [2.45, 2.75) is 33.1 Å². The molecular weight excluding hydrogens is 659 g/mol. The van der Waals surface area contributed by atoms with E-state index in [1.54, 1.807) is 0 Å². The Balaban J connectivity index is 1.26. The first kappa shape index (κ1) is 30.1. The molecule has 5 heterocycles. The van der Waals surface area contributed by atoms with Crippen LogP contribution in [-0.4, -0.2) is 11.3 Å². The second-order valence-corrected chi connectivity index (χ2v) is 16.2. The predicted molar refractivity (Wildman–Crippen MR) is 226 cm³/mol. The standard InChI is InChI=1S/C49H35BN2O2/c1-28-23-37-32-17-12-18-34-45-33-16-9-11-20-43(33)54-48(45)52(47(32)34)50-38-26-36-31-15-8-10-19-42(31)53-44(36)27-40(38)51(41(24-28)46(37)50)39-22-21-30(49(2,3)4)25-35(39)29-13-6-5-7-14-29/h5-27H,1-4H3. The van der Waals surface area contributed by atoms with Crippen LogP contribution in [0.2, 0.25) is 0 Å². The second-order valence-electron chi connectivity index (χ2n) is 16.2. The van der Waals surface area contributed by atoms with Crippen molar-refractivity contribution in [2.75, 3.05) is 4.90 Å². The SMILES string of the molecule is Cc1cc2c3c(c1)N(c1ccc(C(C)(C)C)cc1-c1ccccc1)c1cc4oc5ccccc5c4cc1B3n1c3oc4ccccc4c3c3cccc-2c31. The summed E-state index contributed by atoms with van der Waals surface area (Å²) in [6.07, 6.45) is 0. The van der Waals surface area contributed by atoms with Crippen LogP contribution < -0.4 is 15.8 Å². The fraction of sp³-hybridized carbons (Fsp3) is 0.102. The van der Waals surface area contributed by atoms with E-state index in [0.29, 0.717) is 0 Å². The molecule has 2 aliphatic heterocycles. The molecule has 5 heteroatoms. The largest absolute Gasteiger partial charge is 0.456 e. The van der Waals surface area contributed by atoms with Gasteiger partial charge in [0.15, 0.2) is 5.71 Å². The van der Waals surface area contributed by atoms with E-state index in [0.717, 1.165) is 50.0 Å². The maximum absolute atomic E-state index is 6.91. The molecule has 0 aliphatic carbocycles. The molecule has 3 aromatic heterocycles. The first-order valence-corrected chi connectivity index (χ1v) is 18.9. The quantitative estimate of drug-likeness (QED) is 0.169. The van der Waals surface area contributed by atoms with E-state index in [2.05, 4.69) is 177 Å². The number of para-hydroxylation sites is 3. The Morgan fingerprint density at radius 1 is 0.537 bits per heavy atom. The average Bonchev–Trinajstić information content (AvgIpc) is 3.84. The second kappa shape index (κ2) is 10.4. The number of furan rings is 2. The van der Waals surface area contributed by atoms with Crippen LogP contribution in [0.25, 0.3) is 77.2 Å². The molecule has 0 atom stereocenters. The summed E-state index contributed by atoms with van der Waals surface area (Å²) in [6, 6.07) is 51.0. The van der Waals surface area contributed by atoms with E-state index in [1.807, 2.05) is 0 Å². The van der Waals surface area contributed by atoms with Crippen molar-refractivity contribution >= 4 is 89.7 Å². The molecule has 54 heavy (non-hydrogen) atoms. The lowest BCUT2D eigenvalue weighted by Gasteiger charge is -2.41. The highest BCUT2D eigenvalue weighted by molar-refractivity contribution is 6.90. The van der Waals surface area contributed by atoms with Crippen LogP contribution >= 0.6 is 0 Å². The van der Waals surface area contributed by atoms with Crippen molar-refractivity contribution in [3.05, 3.63) is 151 Å². The molecule has 2 aliphatic rings. The van der Waals surface area contributed by atoms with Gasteiger partial charge in [-0.25, -0.2) is 0 Å². The molecule has 256 valence electrons. The summed E-state index contributed by atoms with van der Waals surface area (Å²) < 4.78 is 16.1. The first-order chi connectivity index (χ1) is 26.3. The average molecular weight is 695 g/mol. The van der Waals surface area contributed by atoms with Crippen LogP contribution in [0.15, 0.2) is 148 Å². The van der Waals surface area contributed by atoms with Crippen molar-refractivity contribution in [3.63, 3.8) is 0 Å². The fourth-order valence-electron chi connectivity index (χ4n) is 9.56. The Morgan fingerprint density at radius 2 is 1.28 bits per heavy atom. The molecule has 12 rings (SSSR count). The van der Waals surface area contributed by atoms with Crippen molar-refractivity contribution < 1.29 is 8.83 Å². The fourth-order valence-corrected chi connectivity index (χ4v) is 9.56. The van der Waals surface area contributed by atoms with Crippen molar-refractivity contribution in [1.29, 1.82) is 0 Å². The zero-order chi connectivity index (χ0) is 36.0. The lowest BCUT2D eigenvalue weighted by molar-refractivity contribution is 0.590. The Kier molecular flexibility index (Phi) is 5.76. The third-order valence-corrected chi connectivity index (χ3v) is 12.0. The van der Waals surface area contributed by atoms with E-state index in [9.17, 15) is 0 Å². The van der Waals surface area contributed by atoms with Crippen LogP contribution in [0.5, 0.6) is 0 Å². The van der Waals surface area contributed by atoms with E-state index in [4.69, 9.17) is 8.83 Å². The van der Waals surface area contributed by atoms with Crippen LogP contribution in [0.4, 0.5) is 17.1 Å². The zero-order valence-electron chi connectivity index (χ0n) is 30.6. The van der Waals surface area contributed by atoms with Gasteiger partial charge >= 0.3 is 6.85 Å². The summed E-state index contributed by atoms with van der Waals surface area (Å²) in [5, 5.41) is 5.80. The van der Waals surface area contributed by atoms with Gasteiger partial charge in [-0.2, -0.15) is 0 Å². The molecule has 7 aromatic carbocycles. The molecule has 0 saturated heterocycles. The number of nitrogens with zero attached hydrogens (tertiary/aromatic N) is 2. The number of benzene rings is 7. The summed E-state index contributed by atoms with van der Waals surface area (Å²) in [5.41, 5.74) is 18.2. The molecule has 4 nitrogen and oxygen atoms in total. The van der Waals surface area contributed by atoms with Gasteiger partial charge in [0, 0.05) is 55.6 Å². The van der Waals surface area contributed by atoms with Crippen molar-refractivity contribution in [3.8, 4) is 22.3 Å². The molecule has 0 spiro atoms. The normalized spacial score (nSPS) is 13.5. The number of anilines is 3. The van der Waals surface area contributed by atoms with Gasteiger partial charge in [0.1, 0.15) is 16.7 Å². The number of rotatable bonds is 2. The summed E-state index contributed by atoms with van der Waals surface area (Å²) in [7, 11) is 0. The van der Waals surface area contributed by atoms with Crippen LogP contribution in [-0.2, 0) is 5.41 Å². The van der Waals surface area contributed by atoms with Gasteiger partial charge in [-0.05, 0) is 75.8 Å². The van der Waals surface area contributed by atoms with Gasteiger partial charge in [0.2, 0.25) is 0 Å². The highest BCUT2D eigenvalue weighted by atomic mass is 16.3. The number of hydrogen-bond acceptors (Lipinski definition) is 3. The van der Waals surface area contributed by atoms with Gasteiger partial charge in [-0.15, -0.1) is 0 Å². The molecule has 0 amide bonds. The number of hydrogen-bond donors (Lipinski definition) is 0. The minimum Gasteiger partial charge on any atom is -0.456 e. The Labute approximate surface area is 312 Å². The van der Waals surface area contributed by atoms with Crippen molar-refractivity contribution in [1.82, 2.24) is 4.48 Å². The van der Waals surface area contributed by atoms with Crippen LogP contribution in [0, 0.1) is 6.92 Å². The third-order valence-electron chi connectivity index (χ3n) is 12.0. The predicted octanol–water partition coefficient (Wildman–Crippen LogP) is 12.1. The highest BCUT2D eigenvalue weighted by Crippen LogP contribution is 2.50. The monoisotopic (exact) mass is 694 g/mol. The summed E-state index contributed by atoms with van der Waals surface area (Å²) in [5.74, 6) is 0. The van der Waals surface area contributed by atoms with Gasteiger partial charge in [0.25, 0.3) is 0 Å². The van der Waals surface area contributed by atoms with E-state index >= 15 is 0 Å². The molecular formula is C49H35BN2O2. The number of aromatic nitrogens is 1. The summed E-state index contributed by atoms with van der Waals surface area (Å²) >= 11 is 0. The Morgan fingerprint density at radius 3 is 2.09 bits per heavy atom. The smallest absolute Gasteiger partial charge is 0.336 e. The van der Waals surface area contributed by atoms with Crippen molar-refractivity contribution in [2.24, 2.45) is 0 Å². The molecule has 0 saturated carbocycles. The lowest BCUT2D eigenvalue weighted by atomic mass is 9.45. The van der Waals surface area contributed by atoms with E-state index in [1.165, 1.54) is 66.3 Å². The maximum atomic E-state index is 6.91. The topological polar surface area (TPSA) is 34.5 Å². The van der Waals surface area contributed by atoms with E-state index in [-0.39, 0.29) is 12.3 Å². The molecule has 0 fully saturated rings. The zero-order valence-corrected chi connectivity index (χ0v) is 30.6. The molecule has 10 aromatic rings. The van der Waals surface area contributed by atoms with Crippen LogP contribution in [0.1, 0.15) is 31.9 Å². The minimum atomic E-state index is -0.135. The molecule has 0 N–H and O–H groups in total. The Bertz CT molecular complexity index is 3230. The molecule has 0 radical (unpaired) electrons. The van der Waals surface area contributed by atoms with Gasteiger partial charge in [-0.1, -0.05) is 124 Å². The van der Waals surface area contributed by atoms with Gasteiger partial charge in [0.05, 0.1) is 11.1 Å². The highest BCUT2D eigenvalue weighted by Gasteiger charge is 2.44. The van der Waals surface area contributed by atoms with E-state index < -0.39 is 0 Å². The maximum Gasteiger partial charge on any atom is 0.336 e. The van der Waals surface area contributed by atoms with Gasteiger partial charge in [-0.3, -0.25) is 0 Å².